The van der Waals surface area contributed by atoms with Gasteiger partial charge in [-0.2, -0.15) is 0 Å². The van der Waals surface area contributed by atoms with E-state index in [1.54, 1.807) is 0 Å². The largest absolute Gasteiger partial charge is 3.00 e. The van der Waals surface area contributed by atoms with Gasteiger partial charge in [0.15, 0.2) is 0 Å². The fraction of sp³-hybridized carbons (Fsp3) is 0.667. The van der Waals surface area contributed by atoms with E-state index in [0.717, 1.165) is 0 Å². The Hall–Kier alpha value is -0.239. The standard InChI is InChI=1S/3C3H6O2.Nd/c3*1-2-3(4)5;/h3*2H2,1H3,(H,4,5);/q;;;+3/p-3. The van der Waals surface area contributed by atoms with Gasteiger partial charge in [-0.25, -0.2) is 0 Å². The Morgan fingerprint density at radius 3 is 0.750 bits per heavy atom. The molecule has 0 saturated carbocycles. The predicted octanol–water partition coefficient (Wildman–Crippen LogP) is -2.56. The molecule has 0 aliphatic heterocycles. The van der Waals surface area contributed by atoms with Gasteiger partial charge in [-0.15, -0.1) is 0 Å². The fourth-order valence-corrected chi connectivity index (χ4v) is 0. The molecule has 7 heteroatoms. The van der Waals surface area contributed by atoms with Gasteiger partial charge in [-0.3, -0.25) is 0 Å². The van der Waals surface area contributed by atoms with E-state index in [1.807, 2.05) is 0 Å². The van der Waals surface area contributed by atoms with Gasteiger partial charge in [0.25, 0.3) is 0 Å². The molecule has 0 atom stereocenters. The Kier molecular flexibility index (Phi) is 31.4. The molecule has 0 N–H and O–H groups in total. The molecule has 0 aromatic rings. The van der Waals surface area contributed by atoms with E-state index in [9.17, 15) is 29.7 Å². The van der Waals surface area contributed by atoms with Crippen LogP contribution in [0.3, 0.4) is 0 Å². The van der Waals surface area contributed by atoms with Crippen LogP contribution in [0.15, 0.2) is 0 Å². The summed E-state index contributed by atoms with van der Waals surface area (Å²) in [5.41, 5.74) is 0. The molecule has 0 amide bonds. The first-order chi connectivity index (χ1) is 6.81. The molecule has 0 aromatic heterocycles. The van der Waals surface area contributed by atoms with E-state index in [0.29, 0.717) is 0 Å². The number of hydrogen-bond donors (Lipinski definition) is 0. The van der Waals surface area contributed by atoms with Crippen LogP contribution in [0.2, 0.25) is 0 Å². The first kappa shape index (κ1) is 24.8. The first-order valence-corrected chi connectivity index (χ1v) is 4.41. The van der Waals surface area contributed by atoms with Crippen LogP contribution < -0.4 is 15.3 Å². The van der Waals surface area contributed by atoms with Crippen molar-refractivity contribution < 1.29 is 70.5 Å². The van der Waals surface area contributed by atoms with Gasteiger partial charge >= 0.3 is 40.8 Å². The van der Waals surface area contributed by atoms with Gasteiger partial charge in [-0.1, -0.05) is 20.8 Å². The third kappa shape index (κ3) is 67.5. The summed E-state index contributed by atoms with van der Waals surface area (Å²) in [6, 6.07) is 0. The minimum atomic E-state index is -0.995. The average Bonchev–Trinajstić information content (AvgIpc) is 2.19. The molecule has 0 bridgehead atoms. The Morgan fingerprint density at radius 1 is 0.688 bits per heavy atom. The van der Waals surface area contributed by atoms with Crippen LogP contribution in [0.25, 0.3) is 0 Å². The van der Waals surface area contributed by atoms with Crippen molar-refractivity contribution in [2.45, 2.75) is 40.0 Å². The summed E-state index contributed by atoms with van der Waals surface area (Å²) in [6.07, 6.45) is 0.333. The van der Waals surface area contributed by atoms with E-state index in [1.165, 1.54) is 20.8 Å². The molecule has 91 valence electrons. The van der Waals surface area contributed by atoms with Crippen LogP contribution in [-0.2, 0) is 14.4 Å². The zero-order valence-corrected chi connectivity index (χ0v) is 12.8. The van der Waals surface area contributed by atoms with Crippen LogP contribution in [0.4, 0.5) is 0 Å². The minimum absolute atomic E-state index is 0. The summed E-state index contributed by atoms with van der Waals surface area (Å²) in [4.78, 5) is 27.8. The molecule has 0 fully saturated rings. The molecule has 0 aromatic carbocycles. The quantitative estimate of drug-likeness (QED) is 0.544. The van der Waals surface area contributed by atoms with Crippen molar-refractivity contribution in [1.82, 2.24) is 0 Å². The van der Waals surface area contributed by atoms with E-state index in [-0.39, 0.29) is 60.1 Å². The van der Waals surface area contributed by atoms with Gasteiger partial charge in [0, 0.05) is 17.9 Å². The number of carbonyl (C=O) groups is 3. The molecule has 0 heterocycles. The maximum atomic E-state index is 9.26. The zero-order valence-electron chi connectivity index (χ0n) is 9.57. The van der Waals surface area contributed by atoms with Gasteiger partial charge in [0.05, 0.1) is 0 Å². The molecule has 1 radical (unpaired) electrons. The van der Waals surface area contributed by atoms with Gasteiger partial charge in [0.2, 0.25) is 0 Å². The molecule has 0 aliphatic carbocycles. The van der Waals surface area contributed by atoms with Crippen LogP contribution in [0.5, 0.6) is 0 Å². The Balaban J connectivity index is -0.0000000655. The predicted molar refractivity (Wildman–Crippen MR) is 45.9 cm³/mol. The van der Waals surface area contributed by atoms with Crippen LogP contribution >= 0.6 is 0 Å². The van der Waals surface area contributed by atoms with E-state index >= 15 is 0 Å². The van der Waals surface area contributed by atoms with Crippen LogP contribution in [0, 0.1) is 40.8 Å². The SMILES string of the molecule is CCC(=O)[O-].CCC(=O)[O-].CCC(=O)[O-].[Nd+3]. The van der Waals surface area contributed by atoms with E-state index in [2.05, 4.69) is 0 Å². The van der Waals surface area contributed by atoms with Gasteiger partial charge in [0.1, 0.15) is 0 Å². The van der Waals surface area contributed by atoms with E-state index in [4.69, 9.17) is 0 Å². The number of rotatable bonds is 3. The van der Waals surface area contributed by atoms with E-state index < -0.39 is 17.9 Å². The average molecular weight is 363 g/mol. The molecule has 0 aliphatic rings. The molecule has 0 rings (SSSR count). The van der Waals surface area contributed by atoms with Crippen molar-refractivity contribution in [3.8, 4) is 0 Å². The van der Waals surface area contributed by atoms with Crippen molar-refractivity contribution in [2.24, 2.45) is 0 Å². The van der Waals surface area contributed by atoms with Crippen molar-refractivity contribution in [1.29, 1.82) is 0 Å². The second kappa shape index (κ2) is 20.2. The third-order valence-corrected chi connectivity index (χ3v) is 0.866. The maximum Gasteiger partial charge on any atom is 3.00 e. The van der Waals surface area contributed by atoms with Crippen molar-refractivity contribution in [2.75, 3.05) is 0 Å². The Labute approximate surface area is 128 Å². The number of carbonyl (C=O) groups excluding carboxylic acids is 3. The fourth-order valence-electron chi connectivity index (χ4n) is 0. The number of carboxylic acid groups (broad SMARTS) is 3. The van der Waals surface area contributed by atoms with Crippen molar-refractivity contribution in [3.05, 3.63) is 0 Å². The van der Waals surface area contributed by atoms with Crippen LogP contribution in [-0.4, -0.2) is 17.9 Å². The topological polar surface area (TPSA) is 120 Å². The molecule has 0 spiro atoms. The first-order valence-electron chi connectivity index (χ1n) is 4.41. The number of carboxylic acids is 3. The van der Waals surface area contributed by atoms with Crippen LogP contribution in [0.1, 0.15) is 40.0 Å². The molecule has 16 heavy (non-hydrogen) atoms. The normalized spacial score (nSPS) is 6.94. The zero-order chi connectivity index (χ0) is 12.9. The van der Waals surface area contributed by atoms with Gasteiger partial charge in [-0.05, 0) is 19.3 Å². The van der Waals surface area contributed by atoms with Gasteiger partial charge < -0.3 is 29.7 Å². The van der Waals surface area contributed by atoms with Crippen molar-refractivity contribution >= 4 is 17.9 Å². The minimum Gasteiger partial charge on any atom is -0.550 e. The summed E-state index contributed by atoms with van der Waals surface area (Å²) in [5.74, 6) is -2.99. The van der Waals surface area contributed by atoms with Crippen molar-refractivity contribution in [3.63, 3.8) is 0 Å². The summed E-state index contributed by atoms with van der Waals surface area (Å²) < 4.78 is 0. The smallest absolute Gasteiger partial charge is 0.550 e. The summed E-state index contributed by atoms with van der Waals surface area (Å²) in [7, 11) is 0. The monoisotopic (exact) mass is 361 g/mol. The number of hydrogen-bond acceptors (Lipinski definition) is 6. The summed E-state index contributed by atoms with van der Waals surface area (Å²) in [6.45, 7) is 4.61. The third-order valence-electron chi connectivity index (χ3n) is 0.866. The second-order valence-electron chi connectivity index (χ2n) is 2.18. The molecule has 6 nitrogen and oxygen atoms in total. The molecule has 0 saturated heterocycles. The Morgan fingerprint density at radius 2 is 0.750 bits per heavy atom. The summed E-state index contributed by atoms with van der Waals surface area (Å²) in [5, 5.41) is 27.8. The summed E-state index contributed by atoms with van der Waals surface area (Å²) >= 11 is 0. The second-order valence-corrected chi connectivity index (χ2v) is 2.18. The Bertz CT molecular complexity index is 159. The molecular formula is C9H15NdO6. The number of aliphatic carboxylic acids is 3. The molecule has 0 unspecified atom stereocenters. The molecular weight excluding hydrogens is 348 g/mol. The maximum absolute atomic E-state index is 9.26.